The fourth-order valence-electron chi connectivity index (χ4n) is 6.78. The quantitative estimate of drug-likeness (QED) is 0.175. The minimum Gasteiger partial charge on any atom is -0.382 e. The smallest absolute Gasteiger partial charge is 0.293 e. The zero-order valence-electron chi connectivity index (χ0n) is 26.1. The summed E-state index contributed by atoms with van der Waals surface area (Å²) in [5.41, 5.74) is 5.11. The zero-order valence-corrected chi connectivity index (χ0v) is 27.0. The molecule has 0 spiro atoms. The second-order valence-corrected chi connectivity index (χ2v) is 14.1. The van der Waals surface area contributed by atoms with Crippen molar-refractivity contribution in [3.05, 3.63) is 82.4 Å². The second-order valence-electron chi connectivity index (χ2n) is 12.4. The van der Waals surface area contributed by atoms with Crippen molar-refractivity contribution in [2.45, 2.75) is 43.7 Å². The Bertz CT molecular complexity index is 2290. The number of benzene rings is 2. The van der Waals surface area contributed by atoms with E-state index in [9.17, 15) is 30.8 Å². The summed E-state index contributed by atoms with van der Waals surface area (Å²) in [5, 5.41) is 11.0. The number of halogens is 6. The maximum atomic E-state index is 15.2. The van der Waals surface area contributed by atoms with Gasteiger partial charge in [-0.15, -0.1) is 0 Å². The Balaban J connectivity index is 1.31. The number of nitrogen functional groups attached to an aromatic ring is 1. The van der Waals surface area contributed by atoms with Crippen molar-refractivity contribution < 1.29 is 39.6 Å². The van der Waals surface area contributed by atoms with Gasteiger partial charge in [0.15, 0.2) is 5.82 Å². The number of rotatable bonds is 10. The summed E-state index contributed by atoms with van der Waals surface area (Å²) < 4.78 is 115. The van der Waals surface area contributed by atoms with Crippen molar-refractivity contribution in [3.63, 3.8) is 0 Å². The number of nitrogens with two attached hydrogens (primary N) is 1. The van der Waals surface area contributed by atoms with Crippen LogP contribution in [0.5, 0.6) is 0 Å². The van der Waals surface area contributed by atoms with E-state index < -0.39 is 75.7 Å². The first-order valence-corrected chi connectivity index (χ1v) is 17.0. The summed E-state index contributed by atoms with van der Waals surface area (Å²) in [6, 6.07) is 6.24. The lowest BCUT2D eigenvalue weighted by molar-refractivity contribution is -0.123. The van der Waals surface area contributed by atoms with Crippen LogP contribution in [0.1, 0.15) is 53.0 Å². The normalized spacial score (nSPS) is 18.3. The van der Waals surface area contributed by atoms with Gasteiger partial charge < -0.3 is 11.1 Å². The number of hydrogen-bond donors (Lipinski definition) is 3. The molecule has 12 nitrogen and oxygen atoms in total. The van der Waals surface area contributed by atoms with Crippen molar-refractivity contribution in [1.29, 1.82) is 0 Å². The molecule has 4 N–H and O–H groups in total. The highest BCUT2D eigenvalue weighted by atomic mass is 32.2. The van der Waals surface area contributed by atoms with Crippen molar-refractivity contribution in [1.82, 2.24) is 34.8 Å². The molecule has 0 bridgehead atoms. The fraction of sp³-hybridized carbons (Fsp3) is 0.323. The van der Waals surface area contributed by atoms with Crippen molar-refractivity contribution in [2.24, 2.45) is 13.0 Å². The topological polar surface area (TPSA) is 163 Å². The van der Waals surface area contributed by atoms with Crippen LogP contribution < -0.4 is 15.8 Å². The average Bonchev–Trinajstić information content (AvgIpc) is 3.56. The molecule has 19 heteroatoms. The third-order valence-electron chi connectivity index (χ3n) is 8.71. The number of sulfonamides is 1. The molecule has 3 heterocycles. The van der Waals surface area contributed by atoms with Crippen LogP contribution in [-0.2, 0) is 40.8 Å². The molecule has 5 aromatic rings. The van der Waals surface area contributed by atoms with Crippen LogP contribution in [0.3, 0.4) is 0 Å². The van der Waals surface area contributed by atoms with Gasteiger partial charge in [0.2, 0.25) is 15.9 Å². The lowest BCUT2D eigenvalue weighted by Crippen LogP contribution is -2.35. The molecule has 262 valence electrons. The highest BCUT2D eigenvalue weighted by Gasteiger charge is 2.67. The number of para-hydroxylation sites is 1. The number of aryl methyl sites for hydroxylation is 1. The van der Waals surface area contributed by atoms with Crippen LogP contribution in [0.4, 0.5) is 38.0 Å². The lowest BCUT2D eigenvalue weighted by Gasteiger charge is -2.22. The van der Waals surface area contributed by atoms with Crippen molar-refractivity contribution >= 4 is 38.5 Å². The number of anilines is 2. The standard InChI is InChI=1S/C31H27F6N9O3S/c1-45-27-16(4-3-5-17(27)30(43-45)44-50(2,48)49)24-25(39-11-21(38)41-24)20(8-13-6-14(32)9-15(33)7-13)40-22(47)12-46-28-23(26(42-46)29(34)35)18-10-19(18)31(28,36)37/h3-7,9,11,18-20,29H,8,10,12H2,1-2H3,(H2,38,41)(H,40,47)(H,43,44)/t18-,19+,20?/m0/s1. The molecule has 1 fully saturated rings. The lowest BCUT2D eigenvalue weighted by atomic mass is 9.97. The summed E-state index contributed by atoms with van der Waals surface area (Å²) in [6.07, 6.45) is -1.27. The molecule has 7 rings (SSSR count). The number of amides is 1. The third kappa shape index (κ3) is 5.88. The largest absolute Gasteiger partial charge is 0.382 e. The molecule has 3 atom stereocenters. The number of fused-ring (bicyclic) bond motifs is 4. The third-order valence-corrected chi connectivity index (χ3v) is 9.27. The number of nitrogens with one attached hydrogen (secondary N) is 2. The first kappa shape index (κ1) is 33.3. The van der Waals surface area contributed by atoms with Gasteiger partial charge in [0, 0.05) is 35.5 Å². The summed E-state index contributed by atoms with van der Waals surface area (Å²) in [7, 11) is -2.19. The fourth-order valence-corrected chi connectivity index (χ4v) is 7.28. The first-order chi connectivity index (χ1) is 23.5. The molecule has 2 aliphatic carbocycles. The zero-order chi connectivity index (χ0) is 35.9. The molecular formula is C31H27F6N9O3S. The summed E-state index contributed by atoms with van der Waals surface area (Å²) in [6.45, 7) is -0.881. The molecule has 0 aliphatic heterocycles. The van der Waals surface area contributed by atoms with Crippen LogP contribution in [0.25, 0.3) is 22.2 Å². The molecule has 2 aliphatic rings. The van der Waals surface area contributed by atoms with Crippen molar-refractivity contribution in [3.8, 4) is 11.3 Å². The van der Waals surface area contributed by atoms with E-state index in [-0.39, 0.29) is 47.0 Å². The molecule has 0 radical (unpaired) electrons. The Morgan fingerprint density at radius 1 is 1.12 bits per heavy atom. The number of carbonyl (C=O) groups is 1. The minimum absolute atomic E-state index is 0.00899. The maximum absolute atomic E-state index is 15.2. The van der Waals surface area contributed by atoms with E-state index >= 15 is 8.78 Å². The summed E-state index contributed by atoms with van der Waals surface area (Å²) in [5.74, 6) is -8.21. The van der Waals surface area contributed by atoms with E-state index in [1.54, 1.807) is 25.2 Å². The monoisotopic (exact) mass is 719 g/mol. The first-order valence-electron chi connectivity index (χ1n) is 15.1. The summed E-state index contributed by atoms with van der Waals surface area (Å²) >= 11 is 0. The van der Waals surface area contributed by atoms with Crippen LogP contribution in [0.15, 0.2) is 42.6 Å². The van der Waals surface area contributed by atoms with Crippen molar-refractivity contribution in [2.75, 3.05) is 16.7 Å². The van der Waals surface area contributed by atoms with E-state index in [2.05, 4.69) is 30.2 Å². The predicted molar refractivity (Wildman–Crippen MR) is 167 cm³/mol. The van der Waals surface area contributed by atoms with Gasteiger partial charge in [0.05, 0.1) is 35.4 Å². The highest BCUT2D eigenvalue weighted by Crippen LogP contribution is 2.68. The molecule has 1 unspecified atom stereocenters. The van der Waals surface area contributed by atoms with Gasteiger partial charge in [-0.3, -0.25) is 23.9 Å². The highest BCUT2D eigenvalue weighted by molar-refractivity contribution is 7.92. The molecule has 0 saturated heterocycles. The molecule has 1 amide bonds. The van der Waals surface area contributed by atoms with Crippen LogP contribution >= 0.6 is 0 Å². The number of hydrogen-bond acceptors (Lipinski definition) is 8. The number of aromatic nitrogens is 6. The molecule has 2 aromatic carbocycles. The number of carbonyl (C=O) groups excluding carboxylic acids is 1. The Kier molecular flexibility index (Phi) is 7.80. The number of alkyl halides is 4. The SMILES string of the molecule is Cn1nc(NS(C)(=O)=O)c2cccc(-c3nc(N)cnc3C(Cc3cc(F)cc(F)c3)NC(=O)Cn3nc(C(F)F)c4c3C(F)(F)[C@@H]3C[C@H]43)c21. The van der Waals surface area contributed by atoms with Gasteiger partial charge in [-0.1, -0.05) is 12.1 Å². The molecular weight excluding hydrogens is 692 g/mol. The van der Waals surface area contributed by atoms with E-state index in [1.165, 1.54) is 10.9 Å². The van der Waals surface area contributed by atoms with Gasteiger partial charge in [0.1, 0.15) is 35.4 Å². The summed E-state index contributed by atoms with van der Waals surface area (Å²) in [4.78, 5) is 22.5. The second kappa shape index (κ2) is 11.7. The maximum Gasteiger partial charge on any atom is 0.293 e. The minimum atomic E-state index is -3.74. The Morgan fingerprint density at radius 3 is 2.52 bits per heavy atom. The van der Waals surface area contributed by atoms with Crippen LogP contribution in [0, 0.1) is 17.6 Å². The Hall–Kier alpha value is -5.20. The molecule has 3 aromatic heterocycles. The predicted octanol–water partition coefficient (Wildman–Crippen LogP) is 4.71. The molecule has 1 saturated carbocycles. The van der Waals surface area contributed by atoms with Crippen LogP contribution in [-0.4, -0.2) is 50.1 Å². The Morgan fingerprint density at radius 2 is 1.84 bits per heavy atom. The van der Waals surface area contributed by atoms with Gasteiger partial charge >= 0.3 is 0 Å². The van der Waals surface area contributed by atoms with Crippen LogP contribution in [0.2, 0.25) is 0 Å². The number of nitrogens with zero attached hydrogens (tertiary/aromatic N) is 6. The van der Waals surface area contributed by atoms with E-state index in [1.807, 2.05) is 0 Å². The average molecular weight is 720 g/mol. The van der Waals surface area contributed by atoms with Gasteiger partial charge in [-0.25, -0.2) is 31.0 Å². The van der Waals surface area contributed by atoms with Gasteiger partial charge in [-0.2, -0.15) is 19.0 Å². The van der Waals surface area contributed by atoms with E-state index in [0.717, 1.165) is 18.4 Å². The van der Waals surface area contributed by atoms with E-state index in [4.69, 9.17) is 5.73 Å². The van der Waals surface area contributed by atoms with E-state index in [0.29, 0.717) is 27.2 Å². The Labute approximate surface area is 279 Å². The van der Waals surface area contributed by atoms with Gasteiger partial charge in [-0.05, 0) is 42.5 Å². The molecule has 50 heavy (non-hydrogen) atoms. The van der Waals surface area contributed by atoms with Gasteiger partial charge in [0.25, 0.3) is 12.3 Å².